The van der Waals surface area contributed by atoms with Crippen molar-refractivity contribution in [3.63, 3.8) is 0 Å². The summed E-state index contributed by atoms with van der Waals surface area (Å²) in [6.07, 6.45) is 9.95. The van der Waals surface area contributed by atoms with Gasteiger partial charge in [-0.15, -0.1) is 0 Å². The quantitative estimate of drug-likeness (QED) is 0.430. The Labute approximate surface area is 246 Å². The van der Waals surface area contributed by atoms with Crippen molar-refractivity contribution in [2.45, 2.75) is 97.2 Å². The predicted octanol–water partition coefficient (Wildman–Crippen LogP) is 6.40. The molecule has 4 saturated carbocycles. The van der Waals surface area contributed by atoms with Crippen LogP contribution in [0.3, 0.4) is 0 Å². The van der Waals surface area contributed by atoms with Crippen molar-refractivity contribution >= 4 is 23.2 Å². The molecule has 222 valence electrons. The van der Waals surface area contributed by atoms with E-state index in [0.717, 1.165) is 69.0 Å². The number of hydrogen-bond donors (Lipinski definition) is 2. The van der Waals surface area contributed by atoms with E-state index in [1.54, 1.807) is 0 Å². The minimum atomic E-state index is -0.223. The highest BCUT2D eigenvalue weighted by atomic mass is 35.5. The highest BCUT2D eigenvalue weighted by molar-refractivity contribution is 6.30. The van der Waals surface area contributed by atoms with Gasteiger partial charge >= 0.3 is 0 Å². The van der Waals surface area contributed by atoms with Crippen LogP contribution in [0.1, 0.15) is 85.0 Å². The number of hydrogen-bond acceptors (Lipinski definition) is 4. The van der Waals surface area contributed by atoms with Crippen LogP contribution in [0.4, 0.5) is 5.69 Å². The third kappa shape index (κ3) is 5.00. The van der Waals surface area contributed by atoms with E-state index in [1.165, 1.54) is 25.7 Å². The van der Waals surface area contributed by atoms with Crippen LogP contribution in [0, 0.1) is 46.3 Å². The topological polar surface area (TPSA) is 64.0 Å². The van der Waals surface area contributed by atoms with Gasteiger partial charge < -0.3 is 20.0 Å². The summed E-state index contributed by atoms with van der Waals surface area (Å²) in [6.45, 7) is 10.7. The third-order valence-electron chi connectivity index (χ3n) is 13.0. The van der Waals surface area contributed by atoms with Gasteiger partial charge in [0.1, 0.15) is 0 Å². The SMILES string of the molecule is C[C@@H](CCC(=O)N1CCN(c2cccc(Cl)c2)CC1)[C@@H]1CC[C@@H]2[C@H]3[C@H](O)C[C@H]4C[C@@H](O)CC[C@@]4(C)[C@@H]3CC[C@]21C. The van der Waals surface area contributed by atoms with Gasteiger partial charge in [0.25, 0.3) is 0 Å². The molecule has 1 heterocycles. The Kier molecular flexibility index (Phi) is 7.98. The molecular weight excluding hydrogens is 520 g/mol. The van der Waals surface area contributed by atoms with Crippen molar-refractivity contribution in [3.05, 3.63) is 29.3 Å². The maximum atomic E-state index is 13.2. The second-order valence-electron chi connectivity index (χ2n) is 14.8. The number of halogens is 1. The standard InChI is InChI=1S/C34H51ClN2O3/c1-22(7-10-31(40)37-17-15-36(16-18-37)25-6-4-5-24(35)21-25)27-8-9-28-32-29(12-14-34(27,28)3)33(2)13-11-26(38)19-23(33)20-30(32)39/h4-6,21-23,26-30,32,38-39H,7-20H2,1-3H3/t22-,23+,26-,27-,28+,29+,30+,32+,33+,34-/m0/s1. The number of fused-ring (bicyclic) bond motifs is 5. The van der Waals surface area contributed by atoms with E-state index in [-0.39, 0.29) is 23.0 Å². The fourth-order valence-corrected chi connectivity index (χ4v) is 11.0. The lowest BCUT2D eigenvalue weighted by molar-refractivity contribution is -0.174. The molecule has 1 aliphatic heterocycles. The summed E-state index contributed by atoms with van der Waals surface area (Å²) in [5.41, 5.74) is 1.68. The van der Waals surface area contributed by atoms with Crippen LogP contribution in [0.5, 0.6) is 0 Å². The largest absolute Gasteiger partial charge is 0.393 e. The van der Waals surface area contributed by atoms with E-state index in [2.05, 4.69) is 36.6 Å². The molecular formula is C34H51ClN2O3. The molecule has 6 heteroatoms. The number of rotatable bonds is 5. The fourth-order valence-electron chi connectivity index (χ4n) is 10.8. The maximum absolute atomic E-state index is 13.2. The lowest BCUT2D eigenvalue weighted by Crippen LogP contribution is -2.58. The van der Waals surface area contributed by atoms with E-state index in [4.69, 9.17) is 11.6 Å². The van der Waals surface area contributed by atoms with Gasteiger partial charge in [0.2, 0.25) is 5.91 Å². The average molecular weight is 571 g/mol. The maximum Gasteiger partial charge on any atom is 0.222 e. The molecule has 1 amide bonds. The summed E-state index contributed by atoms with van der Waals surface area (Å²) >= 11 is 6.19. The molecule has 0 unspecified atom stereocenters. The summed E-state index contributed by atoms with van der Waals surface area (Å²) in [4.78, 5) is 17.6. The van der Waals surface area contributed by atoms with Crippen molar-refractivity contribution in [2.75, 3.05) is 31.1 Å². The number of benzene rings is 1. The average Bonchev–Trinajstić information content (AvgIpc) is 3.30. The molecule has 4 aliphatic carbocycles. The van der Waals surface area contributed by atoms with Crippen LogP contribution >= 0.6 is 11.6 Å². The zero-order chi connectivity index (χ0) is 28.2. The van der Waals surface area contributed by atoms with Crippen LogP contribution < -0.4 is 4.90 Å². The van der Waals surface area contributed by atoms with Gasteiger partial charge in [0.15, 0.2) is 0 Å². The van der Waals surface area contributed by atoms with Gasteiger partial charge in [-0.1, -0.05) is 38.4 Å². The molecule has 0 bridgehead atoms. The molecule has 1 aromatic rings. The van der Waals surface area contributed by atoms with Gasteiger partial charge in [-0.05, 0) is 122 Å². The second kappa shape index (κ2) is 11.1. The third-order valence-corrected chi connectivity index (χ3v) is 13.3. The number of nitrogens with zero attached hydrogens (tertiary/aromatic N) is 2. The van der Waals surface area contributed by atoms with Crippen molar-refractivity contribution in [2.24, 2.45) is 46.3 Å². The predicted molar refractivity (Wildman–Crippen MR) is 161 cm³/mol. The normalized spacial score (nSPS) is 42.1. The van der Waals surface area contributed by atoms with Crippen LogP contribution in [-0.2, 0) is 4.79 Å². The minimum Gasteiger partial charge on any atom is -0.393 e. The van der Waals surface area contributed by atoms with E-state index < -0.39 is 0 Å². The number of piperazine rings is 1. The lowest BCUT2D eigenvalue weighted by atomic mass is 9.43. The Balaban J connectivity index is 1.05. The molecule has 0 spiro atoms. The monoisotopic (exact) mass is 570 g/mol. The Morgan fingerprint density at radius 1 is 1.00 bits per heavy atom. The molecule has 2 N–H and O–H groups in total. The lowest BCUT2D eigenvalue weighted by Gasteiger charge is -2.62. The number of aliphatic hydroxyl groups excluding tert-OH is 2. The molecule has 40 heavy (non-hydrogen) atoms. The summed E-state index contributed by atoms with van der Waals surface area (Å²) in [7, 11) is 0. The van der Waals surface area contributed by atoms with Crippen molar-refractivity contribution < 1.29 is 15.0 Å². The summed E-state index contributed by atoms with van der Waals surface area (Å²) in [5, 5.41) is 22.6. The molecule has 10 atom stereocenters. The van der Waals surface area contributed by atoms with Crippen molar-refractivity contribution in [3.8, 4) is 0 Å². The number of aliphatic hydroxyl groups is 2. The van der Waals surface area contributed by atoms with E-state index in [9.17, 15) is 15.0 Å². The molecule has 5 aliphatic rings. The summed E-state index contributed by atoms with van der Waals surface area (Å²) in [5.74, 6) is 3.52. The Morgan fingerprint density at radius 2 is 1.73 bits per heavy atom. The zero-order valence-electron chi connectivity index (χ0n) is 24.9. The Hall–Kier alpha value is -1.30. The van der Waals surface area contributed by atoms with Crippen LogP contribution in [0.25, 0.3) is 0 Å². The van der Waals surface area contributed by atoms with Crippen molar-refractivity contribution in [1.29, 1.82) is 0 Å². The summed E-state index contributed by atoms with van der Waals surface area (Å²) < 4.78 is 0. The van der Waals surface area contributed by atoms with E-state index in [0.29, 0.717) is 47.8 Å². The van der Waals surface area contributed by atoms with Gasteiger partial charge in [-0.2, -0.15) is 0 Å². The molecule has 1 aromatic carbocycles. The Bertz CT molecular complexity index is 1080. The van der Waals surface area contributed by atoms with Crippen LogP contribution in [0.2, 0.25) is 5.02 Å². The highest BCUT2D eigenvalue weighted by Crippen LogP contribution is 2.68. The molecule has 1 saturated heterocycles. The Morgan fingerprint density at radius 3 is 2.48 bits per heavy atom. The summed E-state index contributed by atoms with van der Waals surface area (Å²) in [6, 6.07) is 8.00. The number of amides is 1. The second-order valence-corrected chi connectivity index (χ2v) is 15.3. The van der Waals surface area contributed by atoms with Gasteiger partial charge in [0, 0.05) is 43.3 Å². The molecule has 6 rings (SSSR count). The molecule has 0 aromatic heterocycles. The van der Waals surface area contributed by atoms with Gasteiger partial charge in [-0.3, -0.25) is 4.79 Å². The molecule has 5 nitrogen and oxygen atoms in total. The number of carbonyl (C=O) groups excluding carboxylic acids is 1. The first-order chi connectivity index (χ1) is 19.1. The molecule has 0 radical (unpaired) electrons. The molecule has 5 fully saturated rings. The van der Waals surface area contributed by atoms with E-state index >= 15 is 0 Å². The van der Waals surface area contributed by atoms with Gasteiger partial charge in [-0.25, -0.2) is 0 Å². The van der Waals surface area contributed by atoms with Crippen LogP contribution in [-0.4, -0.2) is 59.4 Å². The highest BCUT2D eigenvalue weighted by Gasteiger charge is 2.62. The first kappa shape index (κ1) is 28.8. The first-order valence-electron chi connectivity index (χ1n) is 16.2. The van der Waals surface area contributed by atoms with E-state index in [1.807, 2.05) is 18.2 Å². The zero-order valence-corrected chi connectivity index (χ0v) is 25.7. The number of anilines is 1. The first-order valence-corrected chi connectivity index (χ1v) is 16.6. The van der Waals surface area contributed by atoms with Gasteiger partial charge in [0.05, 0.1) is 12.2 Å². The van der Waals surface area contributed by atoms with Crippen molar-refractivity contribution in [1.82, 2.24) is 4.90 Å². The number of carbonyl (C=O) groups is 1. The smallest absolute Gasteiger partial charge is 0.222 e. The fraction of sp³-hybridized carbons (Fsp3) is 0.794. The minimum absolute atomic E-state index is 0.179. The van der Waals surface area contributed by atoms with Crippen LogP contribution in [0.15, 0.2) is 24.3 Å².